The molecule has 0 saturated heterocycles. The van der Waals surface area contributed by atoms with Crippen molar-refractivity contribution in [3.8, 4) is 0 Å². The number of rotatable bonds is 4. The van der Waals surface area contributed by atoms with Crippen LogP contribution in [0.4, 0.5) is 0 Å². The van der Waals surface area contributed by atoms with E-state index in [1.165, 1.54) is 0 Å². The van der Waals surface area contributed by atoms with E-state index < -0.39 is 0 Å². The Morgan fingerprint density at radius 2 is 2.43 bits per heavy atom. The van der Waals surface area contributed by atoms with Gasteiger partial charge < -0.3 is 5.73 Å². The second-order valence-corrected chi connectivity index (χ2v) is 1.53. The van der Waals surface area contributed by atoms with Gasteiger partial charge in [0.2, 0.25) is 0 Å². The first kappa shape index (κ1) is 7.19. The molecule has 0 aliphatic carbocycles. The van der Waals surface area contributed by atoms with Crippen molar-refractivity contribution in [1.29, 1.82) is 0 Å². The lowest BCUT2D eigenvalue weighted by Gasteiger charge is -1.89. The van der Waals surface area contributed by atoms with Crippen LogP contribution in [0.1, 0.15) is 0 Å². The Morgan fingerprint density at radius 3 is 2.86 bits per heavy atom. The van der Waals surface area contributed by atoms with Gasteiger partial charge in [-0.2, -0.15) is 0 Å². The Morgan fingerprint density at radius 1 is 1.71 bits per heavy atom. The summed E-state index contributed by atoms with van der Waals surface area (Å²) < 4.78 is 3.97. The van der Waals surface area contributed by atoms with Gasteiger partial charge in [0.05, 0.1) is 0 Å². The van der Waals surface area contributed by atoms with Crippen molar-refractivity contribution in [1.82, 2.24) is 0 Å². The molecule has 0 unspecified atom stereocenters. The molecule has 0 aliphatic rings. The zero-order chi connectivity index (χ0) is 5.54. The molecule has 0 aromatic carbocycles. The van der Waals surface area contributed by atoms with E-state index in [1.54, 1.807) is 0 Å². The van der Waals surface area contributed by atoms with Crippen molar-refractivity contribution < 1.29 is 14.6 Å². The quantitative estimate of drug-likeness (QED) is 0.240. The number of hydrogen-bond donors (Lipinski definition) is 2. The summed E-state index contributed by atoms with van der Waals surface area (Å²) >= 11 is 0.956. The van der Waals surface area contributed by atoms with E-state index in [-0.39, 0.29) is 0 Å². The maximum atomic E-state index is 7.51. The molecule has 0 atom stereocenters. The smallest absolute Gasteiger partial charge is 0.0359 e. The molecule has 3 N–H and O–H groups in total. The summed E-state index contributed by atoms with van der Waals surface area (Å²) in [5.74, 6) is 0.612. The lowest BCUT2D eigenvalue weighted by Crippen LogP contribution is -2.01. The van der Waals surface area contributed by atoms with Gasteiger partial charge in [-0.3, -0.25) is 0 Å². The molecule has 7 heavy (non-hydrogen) atoms. The Kier molecular flexibility index (Phi) is 6.36. The molecule has 0 radical (unpaired) electrons. The van der Waals surface area contributed by atoms with Crippen LogP contribution in [0.2, 0.25) is 0 Å². The average molecular weight is 125 g/mol. The second-order valence-electron chi connectivity index (χ2n) is 0.753. The first-order chi connectivity index (χ1) is 3.41. The van der Waals surface area contributed by atoms with Crippen LogP contribution in [-0.2, 0) is 9.37 Å². The van der Waals surface area contributed by atoms with Gasteiger partial charge >= 0.3 is 0 Å². The summed E-state index contributed by atoms with van der Waals surface area (Å²) in [5.41, 5.74) is 5.03. The molecule has 0 fully saturated rings. The lowest BCUT2D eigenvalue weighted by atomic mass is 10.8. The van der Waals surface area contributed by atoms with Crippen LogP contribution < -0.4 is 5.73 Å². The molecule has 0 heterocycles. The van der Waals surface area contributed by atoms with Gasteiger partial charge in [0.25, 0.3) is 0 Å². The van der Waals surface area contributed by atoms with Crippen molar-refractivity contribution in [2.75, 3.05) is 12.3 Å². The van der Waals surface area contributed by atoms with E-state index in [9.17, 15) is 0 Å². The standard InChI is InChI=1S/C2H7NO3S/c3-1-2-7-6-5-4/h4H,1-3H2. The van der Waals surface area contributed by atoms with E-state index in [0.717, 1.165) is 12.0 Å². The summed E-state index contributed by atoms with van der Waals surface area (Å²) in [6.45, 7) is 0.508. The SMILES string of the molecule is NCCSOOO. The zero-order valence-electron chi connectivity index (χ0n) is 3.66. The maximum Gasteiger partial charge on any atom is 0.0359 e. The van der Waals surface area contributed by atoms with Crippen molar-refractivity contribution in [3.05, 3.63) is 0 Å². The molecule has 5 heteroatoms. The fourth-order valence-corrected chi connectivity index (χ4v) is 0.311. The summed E-state index contributed by atoms with van der Waals surface area (Å²) in [7, 11) is 0. The maximum absolute atomic E-state index is 7.51. The highest BCUT2D eigenvalue weighted by Crippen LogP contribution is 1.97. The van der Waals surface area contributed by atoms with Gasteiger partial charge in [0, 0.05) is 24.3 Å². The Balaban J connectivity index is 2.45. The van der Waals surface area contributed by atoms with Crippen molar-refractivity contribution in [3.63, 3.8) is 0 Å². The Labute approximate surface area is 45.7 Å². The summed E-state index contributed by atoms with van der Waals surface area (Å²) in [6.07, 6.45) is 0. The van der Waals surface area contributed by atoms with Crippen LogP contribution in [0.15, 0.2) is 0 Å². The van der Waals surface area contributed by atoms with Crippen molar-refractivity contribution >= 4 is 12.0 Å². The molecule has 0 aliphatic heterocycles. The van der Waals surface area contributed by atoms with Crippen LogP contribution in [0.25, 0.3) is 0 Å². The minimum absolute atomic E-state index is 0.508. The third-order valence-corrected chi connectivity index (χ3v) is 0.839. The van der Waals surface area contributed by atoms with Crippen LogP contribution >= 0.6 is 12.0 Å². The summed E-state index contributed by atoms with van der Waals surface area (Å²) in [4.78, 5) is 0. The molecule has 0 aromatic rings. The molecular weight excluding hydrogens is 118 g/mol. The van der Waals surface area contributed by atoms with Gasteiger partial charge in [0.15, 0.2) is 0 Å². The molecule has 0 aromatic heterocycles. The largest absolute Gasteiger partial charge is 0.330 e. The molecule has 0 amide bonds. The van der Waals surface area contributed by atoms with E-state index in [4.69, 9.17) is 11.0 Å². The van der Waals surface area contributed by atoms with Crippen molar-refractivity contribution in [2.24, 2.45) is 5.73 Å². The third-order valence-electron chi connectivity index (χ3n) is 0.280. The van der Waals surface area contributed by atoms with E-state index in [0.29, 0.717) is 12.3 Å². The van der Waals surface area contributed by atoms with Crippen LogP contribution in [0, 0.1) is 0 Å². The van der Waals surface area contributed by atoms with Gasteiger partial charge in [-0.25, -0.2) is 5.26 Å². The van der Waals surface area contributed by atoms with E-state index in [2.05, 4.69) is 9.37 Å². The van der Waals surface area contributed by atoms with Crippen LogP contribution in [0.5, 0.6) is 0 Å². The summed E-state index contributed by atoms with van der Waals surface area (Å²) in [5, 5.41) is 10.8. The first-order valence-corrected chi connectivity index (χ1v) is 2.62. The first-order valence-electron chi connectivity index (χ1n) is 1.71. The highest BCUT2D eigenvalue weighted by molar-refractivity contribution is 7.94. The summed E-state index contributed by atoms with van der Waals surface area (Å²) in [6, 6.07) is 0. The van der Waals surface area contributed by atoms with Crippen molar-refractivity contribution in [2.45, 2.75) is 0 Å². The molecule has 4 nitrogen and oxygen atoms in total. The minimum atomic E-state index is 0.508. The van der Waals surface area contributed by atoms with E-state index in [1.807, 2.05) is 0 Å². The molecule has 0 rings (SSSR count). The molecule has 0 saturated carbocycles. The van der Waals surface area contributed by atoms with E-state index >= 15 is 0 Å². The zero-order valence-corrected chi connectivity index (χ0v) is 4.48. The van der Waals surface area contributed by atoms with Gasteiger partial charge in [-0.05, 0) is 0 Å². The molecular formula is C2H7NO3S. The van der Waals surface area contributed by atoms with Gasteiger partial charge in [-0.15, -0.1) is 4.33 Å². The fourth-order valence-electron chi connectivity index (χ4n) is 0.104. The van der Waals surface area contributed by atoms with Gasteiger partial charge in [0.1, 0.15) is 0 Å². The normalized spacial score (nSPS) is 9.43. The topological polar surface area (TPSA) is 64.7 Å². The van der Waals surface area contributed by atoms with Crippen LogP contribution in [0.3, 0.4) is 0 Å². The Bertz CT molecular complexity index is 32.1. The van der Waals surface area contributed by atoms with Crippen LogP contribution in [-0.4, -0.2) is 17.6 Å². The number of nitrogens with two attached hydrogens (primary N) is 1. The predicted molar refractivity (Wildman–Crippen MR) is 26.3 cm³/mol. The Hall–Kier alpha value is 0.190. The minimum Gasteiger partial charge on any atom is -0.330 e. The predicted octanol–water partition coefficient (Wildman–Crippen LogP) is 0.0145. The monoisotopic (exact) mass is 125 g/mol. The third kappa shape index (κ3) is 6.19. The lowest BCUT2D eigenvalue weighted by molar-refractivity contribution is -0.432. The molecule has 0 spiro atoms. The number of hydrogen-bond acceptors (Lipinski definition) is 5. The average Bonchev–Trinajstić information content (AvgIpc) is 1.69. The fraction of sp³-hybridized carbons (Fsp3) is 1.00. The van der Waals surface area contributed by atoms with Gasteiger partial charge in [-0.1, -0.05) is 5.04 Å². The highest BCUT2D eigenvalue weighted by atomic mass is 32.2. The molecule has 0 bridgehead atoms. The molecule has 44 valence electrons. The second kappa shape index (κ2) is 6.19. The highest BCUT2D eigenvalue weighted by Gasteiger charge is 1.82.